The lowest BCUT2D eigenvalue weighted by molar-refractivity contribution is -0.146. The summed E-state index contributed by atoms with van der Waals surface area (Å²) >= 11 is 0. The van der Waals surface area contributed by atoms with E-state index in [1.807, 2.05) is 12.1 Å². The maximum atomic E-state index is 11.8. The van der Waals surface area contributed by atoms with E-state index in [2.05, 4.69) is 12.2 Å². The van der Waals surface area contributed by atoms with Crippen LogP contribution in [0.1, 0.15) is 42.1 Å². The number of nitrogens with one attached hydrogen (secondary N) is 1. The van der Waals surface area contributed by atoms with Gasteiger partial charge in [0.1, 0.15) is 0 Å². The number of hydrogen-bond acceptors (Lipinski definition) is 3. The maximum absolute atomic E-state index is 11.8. The van der Waals surface area contributed by atoms with Crippen LogP contribution in [0.4, 0.5) is 0 Å². The summed E-state index contributed by atoms with van der Waals surface area (Å²) in [7, 11) is 0. The van der Waals surface area contributed by atoms with Crippen molar-refractivity contribution in [2.45, 2.75) is 38.7 Å². The number of carbonyl (C=O) groups is 2. The van der Waals surface area contributed by atoms with Crippen LogP contribution in [0.3, 0.4) is 0 Å². The molecule has 3 N–H and O–H groups in total. The molecule has 0 aliphatic rings. The molecule has 0 aromatic heterocycles. The number of unbranched alkanes of at least 4 members (excludes halogenated alkanes) is 1. The Morgan fingerprint density at radius 2 is 1.90 bits per heavy atom. The molecule has 0 aliphatic heterocycles. The number of aliphatic hydroxyl groups excluding tert-OH is 1. The van der Waals surface area contributed by atoms with Gasteiger partial charge in [0.2, 0.25) is 0 Å². The number of rotatable bonds is 8. The van der Waals surface area contributed by atoms with Gasteiger partial charge in [0.05, 0.1) is 0 Å². The average Bonchev–Trinajstić information content (AvgIpc) is 2.45. The second kappa shape index (κ2) is 8.32. The minimum atomic E-state index is -1.44. The lowest BCUT2D eigenvalue weighted by Crippen LogP contribution is -2.30. The normalized spacial score (nSPS) is 11.9. The summed E-state index contributed by atoms with van der Waals surface area (Å²) in [5.74, 6) is -1.54. The van der Waals surface area contributed by atoms with Gasteiger partial charge in [-0.05, 0) is 30.5 Å². The van der Waals surface area contributed by atoms with Crippen molar-refractivity contribution in [2.75, 3.05) is 6.54 Å². The molecule has 1 aromatic rings. The second-order valence-corrected chi connectivity index (χ2v) is 4.70. The average molecular weight is 279 g/mol. The van der Waals surface area contributed by atoms with Crippen LogP contribution in [0.2, 0.25) is 0 Å². The fourth-order valence-corrected chi connectivity index (χ4v) is 1.75. The highest BCUT2D eigenvalue weighted by atomic mass is 16.4. The molecule has 5 heteroatoms. The Bertz CT molecular complexity index is 442. The topological polar surface area (TPSA) is 86.6 Å². The molecule has 0 radical (unpaired) electrons. The van der Waals surface area contributed by atoms with Crippen molar-refractivity contribution in [1.82, 2.24) is 5.32 Å². The monoisotopic (exact) mass is 279 g/mol. The van der Waals surface area contributed by atoms with Gasteiger partial charge in [-0.2, -0.15) is 0 Å². The smallest absolute Gasteiger partial charge is 0.332 e. The summed E-state index contributed by atoms with van der Waals surface area (Å²) in [5, 5.41) is 20.2. The summed E-state index contributed by atoms with van der Waals surface area (Å²) in [6, 6.07) is 7.37. The van der Waals surface area contributed by atoms with E-state index in [0.29, 0.717) is 5.56 Å². The van der Waals surface area contributed by atoms with Crippen LogP contribution in [0, 0.1) is 0 Å². The fraction of sp³-hybridized carbons (Fsp3) is 0.467. The second-order valence-electron chi connectivity index (χ2n) is 4.70. The Morgan fingerprint density at radius 3 is 2.45 bits per heavy atom. The van der Waals surface area contributed by atoms with E-state index in [-0.39, 0.29) is 18.9 Å². The Balaban J connectivity index is 2.41. The molecule has 0 bridgehead atoms. The van der Waals surface area contributed by atoms with E-state index in [4.69, 9.17) is 10.2 Å². The molecule has 5 nitrogen and oxygen atoms in total. The van der Waals surface area contributed by atoms with E-state index < -0.39 is 12.1 Å². The third-order valence-electron chi connectivity index (χ3n) is 3.02. The van der Waals surface area contributed by atoms with E-state index in [0.717, 1.165) is 19.3 Å². The van der Waals surface area contributed by atoms with E-state index in [1.54, 1.807) is 12.1 Å². The fourth-order valence-electron chi connectivity index (χ4n) is 1.75. The first-order chi connectivity index (χ1) is 9.54. The first-order valence-electron chi connectivity index (χ1n) is 6.82. The summed E-state index contributed by atoms with van der Waals surface area (Å²) in [6.07, 6.45) is 1.82. The minimum Gasteiger partial charge on any atom is -0.479 e. The Kier molecular flexibility index (Phi) is 6.73. The predicted molar refractivity (Wildman–Crippen MR) is 75.6 cm³/mol. The Labute approximate surface area is 118 Å². The standard InChI is InChI=1S/C15H21NO4/c1-2-3-4-11-5-7-12(8-6-11)14(18)16-10-9-13(17)15(19)20/h5-8,13,17H,2-4,9-10H2,1H3,(H,16,18)(H,19,20). The lowest BCUT2D eigenvalue weighted by Gasteiger charge is -2.08. The lowest BCUT2D eigenvalue weighted by atomic mass is 10.1. The van der Waals surface area contributed by atoms with Crippen molar-refractivity contribution in [3.8, 4) is 0 Å². The van der Waals surface area contributed by atoms with Gasteiger partial charge in [0, 0.05) is 18.5 Å². The van der Waals surface area contributed by atoms with Crippen LogP contribution in [-0.2, 0) is 11.2 Å². The number of carbonyl (C=O) groups excluding carboxylic acids is 1. The highest BCUT2D eigenvalue weighted by Gasteiger charge is 2.13. The van der Waals surface area contributed by atoms with Gasteiger partial charge in [-0.25, -0.2) is 4.79 Å². The molecule has 1 atom stereocenters. The molecule has 1 aromatic carbocycles. The summed E-state index contributed by atoms with van der Waals surface area (Å²) in [6.45, 7) is 2.26. The van der Waals surface area contributed by atoms with Crippen LogP contribution in [-0.4, -0.2) is 34.7 Å². The number of hydrogen-bond donors (Lipinski definition) is 3. The molecule has 1 amide bonds. The third-order valence-corrected chi connectivity index (χ3v) is 3.02. The molecule has 0 fully saturated rings. The zero-order valence-electron chi connectivity index (χ0n) is 11.6. The summed E-state index contributed by atoms with van der Waals surface area (Å²) in [5.41, 5.74) is 1.74. The molecule has 0 heterocycles. The van der Waals surface area contributed by atoms with Crippen molar-refractivity contribution < 1.29 is 19.8 Å². The number of carboxylic acid groups (broad SMARTS) is 1. The Hall–Kier alpha value is -1.88. The zero-order valence-corrected chi connectivity index (χ0v) is 11.6. The third kappa shape index (κ3) is 5.40. The minimum absolute atomic E-state index is 0.00431. The number of aliphatic carboxylic acids is 1. The molecule has 110 valence electrons. The van der Waals surface area contributed by atoms with Crippen molar-refractivity contribution >= 4 is 11.9 Å². The van der Waals surface area contributed by atoms with Crippen molar-refractivity contribution in [3.05, 3.63) is 35.4 Å². The molecule has 1 unspecified atom stereocenters. The van der Waals surface area contributed by atoms with Crippen molar-refractivity contribution in [3.63, 3.8) is 0 Å². The molecular formula is C15H21NO4. The summed E-state index contributed by atoms with van der Waals surface area (Å²) in [4.78, 5) is 22.2. The van der Waals surface area contributed by atoms with Crippen LogP contribution in [0.15, 0.2) is 24.3 Å². The van der Waals surface area contributed by atoms with Crippen LogP contribution < -0.4 is 5.32 Å². The van der Waals surface area contributed by atoms with Crippen LogP contribution in [0.25, 0.3) is 0 Å². The van der Waals surface area contributed by atoms with Gasteiger partial charge in [0.25, 0.3) is 5.91 Å². The number of aryl methyl sites for hydroxylation is 1. The molecule has 20 heavy (non-hydrogen) atoms. The largest absolute Gasteiger partial charge is 0.479 e. The van der Waals surface area contributed by atoms with Crippen molar-refractivity contribution in [1.29, 1.82) is 0 Å². The number of amides is 1. The summed E-state index contributed by atoms with van der Waals surface area (Å²) < 4.78 is 0. The SMILES string of the molecule is CCCCc1ccc(C(=O)NCCC(O)C(=O)O)cc1. The predicted octanol–water partition coefficient (Wildman–Crippen LogP) is 1.59. The highest BCUT2D eigenvalue weighted by Crippen LogP contribution is 2.08. The molecule has 1 rings (SSSR count). The Morgan fingerprint density at radius 1 is 1.25 bits per heavy atom. The van der Waals surface area contributed by atoms with E-state index in [9.17, 15) is 9.59 Å². The van der Waals surface area contributed by atoms with E-state index >= 15 is 0 Å². The highest BCUT2D eigenvalue weighted by molar-refractivity contribution is 5.94. The molecule has 0 aliphatic carbocycles. The molecule has 0 saturated carbocycles. The number of carboxylic acids is 1. The van der Waals surface area contributed by atoms with Gasteiger partial charge in [0.15, 0.2) is 6.10 Å². The molecule has 0 spiro atoms. The molecular weight excluding hydrogens is 258 g/mol. The van der Waals surface area contributed by atoms with Gasteiger partial charge in [-0.15, -0.1) is 0 Å². The number of benzene rings is 1. The zero-order chi connectivity index (χ0) is 15.0. The molecule has 0 saturated heterocycles. The van der Waals surface area contributed by atoms with Crippen LogP contribution >= 0.6 is 0 Å². The first kappa shape index (κ1) is 16.2. The van der Waals surface area contributed by atoms with Crippen LogP contribution in [0.5, 0.6) is 0 Å². The van der Waals surface area contributed by atoms with Gasteiger partial charge < -0.3 is 15.5 Å². The first-order valence-corrected chi connectivity index (χ1v) is 6.82. The maximum Gasteiger partial charge on any atom is 0.332 e. The van der Waals surface area contributed by atoms with Gasteiger partial charge >= 0.3 is 5.97 Å². The quantitative estimate of drug-likeness (QED) is 0.674. The van der Waals surface area contributed by atoms with E-state index in [1.165, 1.54) is 5.56 Å². The van der Waals surface area contributed by atoms with Crippen molar-refractivity contribution in [2.24, 2.45) is 0 Å². The van der Waals surface area contributed by atoms with Gasteiger partial charge in [-0.1, -0.05) is 25.5 Å². The van der Waals surface area contributed by atoms with Gasteiger partial charge in [-0.3, -0.25) is 4.79 Å². The number of aliphatic hydroxyl groups is 1.